The molecule has 3 nitrogen and oxygen atoms in total. The molecule has 1 aromatic heterocycles. The molecular weight excluding hydrogens is 182 g/mol. The largest absolute Gasteiger partial charge is 0.366 e. The van der Waals surface area contributed by atoms with Crippen LogP contribution in [0.5, 0.6) is 0 Å². The van der Waals surface area contributed by atoms with Crippen molar-refractivity contribution in [2.24, 2.45) is 0 Å². The molecule has 0 aliphatic rings. The zero-order valence-corrected chi connectivity index (χ0v) is 8.40. The van der Waals surface area contributed by atoms with Gasteiger partial charge < -0.3 is 10.6 Å². The molecule has 1 aromatic rings. The summed E-state index contributed by atoms with van der Waals surface area (Å²) in [4.78, 5) is 4.20. The van der Waals surface area contributed by atoms with Crippen molar-refractivity contribution in [2.75, 3.05) is 13.6 Å². The minimum Gasteiger partial charge on any atom is -0.366 e. The number of pyridine rings is 1. The number of thiocarbonyl (C=S) groups is 1. The summed E-state index contributed by atoms with van der Waals surface area (Å²) in [5.41, 5.74) is 1.08. The van der Waals surface area contributed by atoms with E-state index in [1.54, 1.807) is 13.2 Å². The number of nitrogens with zero attached hydrogens (tertiary/aromatic N) is 1. The second kappa shape index (κ2) is 5.48. The van der Waals surface area contributed by atoms with Gasteiger partial charge in [0, 0.05) is 31.9 Å². The summed E-state index contributed by atoms with van der Waals surface area (Å²) >= 11 is 4.93. The fourth-order valence-corrected chi connectivity index (χ4v) is 1.04. The van der Waals surface area contributed by atoms with Crippen LogP contribution in [-0.4, -0.2) is 23.7 Å². The van der Waals surface area contributed by atoms with Crippen molar-refractivity contribution in [1.29, 1.82) is 0 Å². The van der Waals surface area contributed by atoms with Gasteiger partial charge in [0.2, 0.25) is 0 Å². The molecule has 2 N–H and O–H groups in total. The summed E-state index contributed by atoms with van der Waals surface area (Å²) in [6.45, 7) is 0.816. The van der Waals surface area contributed by atoms with Gasteiger partial charge >= 0.3 is 0 Å². The highest BCUT2D eigenvalue weighted by Crippen LogP contribution is 1.92. The SMILES string of the molecule is CNC(=S)NCCc1ccccn1. The van der Waals surface area contributed by atoms with Crippen LogP contribution in [0.4, 0.5) is 0 Å². The second-order valence-electron chi connectivity index (χ2n) is 2.58. The lowest BCUT2D eigenvalue weighted by atomic mass is 10.3. The third-order valence-corrected chi connectivity index (χ3v) is 1.97. The first kappa shape index (κ1) is 9.92. The monoisotopic (exact) mass is 195 g/mol. The van der Waals surface area contributed by atoms with E-state index in [2.05, 4.69) is 15.6 Å². The van der Waals surface area contributed by atoms with E-state index in [-0.39, 0.29) is 0 Å². The molecule has 4 heteroatoms. The van der Waals surface area contributed by atoms with E-state index < -0.39 is 0 Å². The summed E-state index contributed by atoms with van der Waals surface area (Å²) in [6, 6.07) is 5.90. The van der Waals surface area contributed by atoms with Crippen molar-refractivity contribution >= 4 is 17.3 Å². The van der Waals surface area contributed by atoms with Crippen molar-refractivity contribution in [2.45, 2.75) is 6.42 Å². The van der Waals surface area contributed by atoms with Crippen molar-refractivity contribution in [3.05, 3.63) is 30.1 Å². The van der Waals surface area contributed by atoms with Crippen LogP contribution in [-0.2, 0) is 6.42 Å². The van der Waals surface area contributed by atoms with Crippen LogP contribution in [0.2, 0.25) is 0 Å². The van der Waals surface area contributed by atoms with E-state index in [0.29, 0.717) is 5.11 Å². The first-order valence-corrected chi connectivity index (χ1v) is 4.59. The maximum Gasteiger partial charge on any atom is 0.166 e. The van der Waals surface area contributed by atoms with E-state index >= 15 is 0 Å². The van der Waals surface area contributed by atoms with Gasteiger partial charge in [0.1, 0.15) is 0 Å². The van der Waals surface area contributed by atoms with Crippen LogP contribution >= 0.6 is 12.2 Å². The van der Waals surface area contributed by atoms with Gasteiger partial charge in [-0.25, -0.2) is 0 Å². The predicted octanol–water partition coefficient (Wildman–Crippen LogP) is 0.718. The van der Waals surface area contributed by atoms with Crippen molar-refractivity contribution in [3.63, 3.8) is 0 Å². The van der Waals surface area contributed by atoms with Gasteiger partial charge in [0.15, 0.2) is 5.11 Å². The average Bonchev–Trinajstić information content (AvgIpc) is 2.19. The fraction of sp³-hybridized carbons (Fsp3) is 0.333. The van der Waals surface area contributed by atoms with Crippen LogP contribution in [0.1, 0.15) is 5.69 Å². The third-order valence-electron chi connectivity index (χ3n) is 1.62. The topological polar surface area (TPSA) is 37.0 Å². The van der Waals surface area contributed by atoms with Crippen molar-refractivity contribution < 1.29 is 0 Å². The Kier molecular flexibility index (Phi) is 4.18. The lowest BCUT2D eigenvalue weighted by Crippen LogP contribution is -2.33. The lowest BCUT2D eigenvalue weighted by Gasteiger charge is -2.05. The normalized spacial score (nSPS) is 9.31. The average molecular weight is 195 g/mol. The van der Waals surface area contributed by atoms with Gasteiger partial charge in [-0.05, 0) is 24.4 Å². The number of nitrogens with one attached hydrogen (secondary N) is 2. The Hall–Kier alpha value is -1.16. The first-order chi connectivity index (χ1) is 6.33. The molecular formula is C9H13N3S. The van der Waals surface area contributed by atoms with Crippen molar-refractivity contribution in [3.8, 4) is 0 Å². The molecule has 1 heterocycles. The highest BCUT2D eigenvalue weighted by Gasteiger charge is 1.93. The second-order valence-corrected chi connectivity index (χ2v) is 2.99. The molecule has 0 amide bonds. The summed E-state index contributed by atoms with van der Waals surface area (Å²) in [6.07, 6.45) is 2.69. The maximum atomic E-state index is 4.93. The molecule has 1 rings (SSSR count). The predicted molar refractivity (Wildman–Crippen MR) is 57.6 cm³/mol. The molecule has 0 aliphatic carbocycles. The van der Waals surface area contributed by atoms with Crippen molar-refractivity contribution in [1.82, 2.24) is 15.6 Å². The molecule has 0 aliphatic heterocycles. The van der Waals surface area contributed by atoms with Gasteiger partial charge in [-0.3, -0.25) is 4.98 Å². The van der Waals surface area contributed by atoms with Gasteiger partial charge in [0.25, 0.3) is 0 Å². The highest BCUT2D eigenvalue weighted by molar-refractivity contribution is 7.80. The summed E-state index contributed by atoms with van der Waals surface area (Å²) in [5, 5.41) is 6.59. The molecule has 0 fully saturated rings. The maximum absolute atomic E-state index is 4.93. The molecule has 70 valence electrons. The Labute approximate surface area is 83.6 Å². The third kappa shape index (κ3) is 3.85. The van der Waals surface area contributed by atoms with Gasteiger partial charge in [-0.2, -0.15) is 0 Å². The number of rotatable bonds is 3. The fourth-order valence-electron chi connectivity index (χ4n) is 0.938. The van der Waals surface area contributed by atoms with E-state index in [9.17, 15) is 0 Å². The minimum absolute atomic E-state index is 0.677. The zero-order chi connectivity index (χ0) is 9.52. The van der Waals surface area contributed by atoms with Crippen LogP contribution in [0, 0.1) is 0 Å². The molecule has 0 spiro atoms. The Bertz CT molecular complexity index is 261. The smallest absolute Gasteiger partial charge is 0.166 e. The van der Waals surface area contributed by atoms with E-state index in [1.165, 1.54) is 0 Å². The van der Waals surface area contributed by atoms with Crippen LogP contribution in [0.3, 0.4) is 0 Å². The lowest BCUT2D eigenvalue weighted by molar-refractivity contribution is 0.830. The van der Waals surface area contributed by atoms with E-state index in [4.69, 9.17) is 12.2 Å². The van der Waals surface area contributed by atoms with Crippen LogP contribution in [0.25, 0.3) is 0 Å². The van der Waals surface area contributed by atoms with Crippen LogP contribution in [0.15, 0.2) is 24.4 Å². The minimum atomic E-state index is 0.677. The van der Waals surface area contributed by atoms with Crippen LogP contribution < -0.4 is 10.6 Å². The molecule has 0 saturated heterocycles. The molecule has 0 saturated carbocycles. The summed E-state index contributed by atoms with van der Waals surface area (Å²) in [7, 11) is 1.80. The Morgan fingerprint density at radius 2 is 2.38 bits per heavy atom. The van der Waals surface area contributed by atoms with Gasteiger partial charge in [-0.1, -0.05) is 6.07 Å². The highest BCUT2D eigenvalue weighted by atomic mass is 32.1. The molecule has 0 bridgehead atoms. The van der Waals surface area contributed by atoms with Gasteiger partial charge in [-0.15, -0.1) is 0 Å². The Morgan fingerprint density at radius 3 is 3.00 bits per heavy atom. The molecule has 13 heavy (non-hydrogen) atoms. The molecule has 0 unspecified atom stereocenters. The quantitative estimate of drug-likeness (QED) is 0.697. The number of aromatic nitrogens is 1. The number of hydrogen-bond acceptors (Lipinski definition) is 2. The van der Waals surface area contributed by atoms with Gasteiger partial charge in [0.05, 0.1) is 0 Å². The Morgan fingerprint density at radius 1 is 1.54 bits per heavy atom. The summed E-state index contributed by atoms with van der Waals surface area (Å²) in [5.74, 6) is 0. The molecule has 0 atom stereocenters. The first-order valence-electron chi connectivity index (χ1n) is 4.18. The number of hydrogen-bond donors (Lipinski definition) is 2. The summed E-state index contributed by atoms with van der Waals surface area (Å²) < 4.78 is 0. The van der Waals surface area contributed by atoms with E-state index in [0.717, 1.165) is 18.7 Å². The van der Waals surface area contributed by atoms with E-state index in [1.807, 2.05) is 18.2 Å². The Balaban J connectivity index is 2.24. The molecule has 0 radical (unpaired) electrons. The standard InChI is InChI=1S/C9H13N3S/c1-10-9(13)12-7-5-8-4-2-3-6-11-8/h2-4,6H,5,7H2,1H3,(H2,10,12,13). The zero-order valence-electron chi connectivity index (χ0n) is 7.58. The molecule has 0 aromatic carbocycles.